The van der Waals surface area contributed by atoms with Crippen LogP contribution in [0.3, 0.4) is 0 Å². The molecule has 6 heteroatoms. The molecule has 0 aliphatic carbocycles. The molecule has 2 heterocycles. The van der Waals surface area contributed by atoms with Crippen LogP contribution in [0, 0.1) is 0 Å². The first kappa shape index (κ1) is 10.8. The van der Waals surface area contributed by atoms with Gasteiger partial charge in [-0.05, 0) is 17.7 Å². The lowest BCUT2D eigenvalue weighted by Crippen LogP contribution is -2.06. The number of hydrogen-bond donors (Lipinski definition) is 1. The second-order valence-electron chi connectivity index (χ2n) is 3.99. The average molecular weight is 241 g/mol. The minimum atomic E-state index is -0.767. The molecular weight excluding hydrogens is 230 g/mol. The molecule has 1 atom stereocenters. The summed E-state index contributed by atoms with van der Waals surface area (Å²) in [4.78, 5) is 8.40. The number of fused-ring (bicyclic) bond motifs is 1. The molecule has 0 saturated carbocycles. The predicted octanol–water partition coefficient (Wildman–Crippen LogP) is 0.840. The van der Waals surface area contributed by atoms with Gasteiger partial charge in [-0.1, -0.05) is 11.3 Å². The molecule has 0 aliphatic rings. The van der Waals surface area contributed by atoms with Crippen molar-refractivity contribution in [2.75, 3.05) is 0 Å². The van der Waals surface area contributed by atoms with Crippen LogP contribution in [0.25, 0.3) is 11.0 Å². The highest BCUT2D eigenvalue weighted by Crippen LogP contribution is 2.22. The van der Waals surface area contributed by atoms with Crippen LogP contribution < -0.4 is 0 Å². The Labute approximate surface area is 103 Å². The largest absolute Gasteiger partial charge is 0.382 e. The van der Waals surface area contributed by atoms with Crippen molar-refractivity contribution in [2.24, 2.45) is 7.05 Å². The molecule has 90 valence electrons. The van der Waals surface area contributed by atoms with Crippen LogP contribution in [0.2, 0.25) is 0 Å². The number of benzene rings is 1. The van der Waals surface area contributed by atoms with Crippen molar-refractivity contribution >= 4 is 11.0 Å². The topological polar surface area (TPSA) is 76.7 Å². The minimum Gasteiger partial charge on any atom is -0.382 e. The van der Waals surface area contributed by atoms with E-state index in [4.69, 9.17) is 0 Å². The highest BCUT2D eigenvalue weighted by atomic mass is 16.3. The van der Waals surface area contributed by atoms with Gasteiger partial charge in [0.25, 0.3) is 0 Å². The van der Waals surface area contributed by atoms with E-state index in [2.05, 4.69) is 20.3 Å². The van der Waals surface area contributed by atoms with Crippen LogP contribution in [0.5, 0.6) is 0 Å². The molecule has 0 aliphatic heterocycles. The summed E-state index contributed by atoms with van der Waals surface area (Å²) in [5.74, 6) is 0. The number of rotatable bonds is 2. The third kappa shape index (κ3) is 1.72. The van der Waals surface area contributed by atoms with Crippen LogP contribution in [0.4, 0.5) is 0 Å². The summed E-state index contributed by atoms with van der Waals surface area (Å²) in [7, 11) is 1.74. The zero-order valence-electron chi connectivity index (χ0n) is 9.72. The van der Waals surface area contributed by atoms with Gasteiger partial charge in [0.15, 0.2) is 0 Å². The first-order valence-electron chi connectivity index (χ1n) is 5.49. The Balaban J connectivity index is 2.07. The fourth-order valence-corrected chi connectivity index (χ4v) is 1.87. The fraction of sp³-hybridized carbons (Fsp3) is 0.167. The Morgan fingerprint density at radius 2 is 1.94 bits per heavy atom. The van der Waals surface area contributed by atoms with Gasteiger partial charge in [-0.3, -0.25) is 9.97 Å². The van der Waals surface area contributed by atoms with E-state index in [0.29, 0.717) is 5.69 Å². The predicted molar refractivity (Wildman–Crippen MR) is 64.6 cm³/mol. The molecule has 0 radical (unpaired) electrons. The molecule has 1 N–H and O–H groups in total. The summed E-state index contributed by atoms with van der Waals surface area (Å²) in [5, 5.41) is 17.8. The molecular formula is C12H11N5O. The smallest absolute Gasteiger partial charge is 0.122 e. The second kappa shape index (κ2) is 4.15. The van der Waals surface area contributed by atoms with Gasteiger partial charge in [0.2, 0.25) is 0 Å². The zero-order valence-corrected chi connectivity index (χ0v) is 9.72. The van der Waals surface area contributed by atoms with Crippen LogP contribution in [-0.2, 0) is 7.05 Å². The molecule has 0 saturated heterocycles. The highest BCUT2D eigenvalue weighted by molar-refractivity contribution is 5.74. The average Bonchev–Trinajstić information content (AvgIpc) is 2.83. The Hall–Kier alpha value is -2.34. The van der Waals surface area contributed by atoms with E-state index in [9.17, 15) is 5.11 Å². The molecule has 3 rings (SSSR count). The van der Waals surface area contributed by atoms with Crippen molar-refractivity contribution < 1.29 is 5.11 Å². The molecule has 0 fully saturated rings. The molecule has 0 bridgehead atoms. The van der Waals surface area contributed by atoms with E-state index in [1.165, 1.54) is 0 Å². The van der Waals surface area contributed by atoms with Gasteiger partial charge in [-0.15, -0.1) is 5.10 Å². The number of nitrogens with zero attached hydrogens (tertiary/aromatic N) is 5. The Kier molecular flexibility index (Phi) is 2.49. The lowest BCUT2D eigenvalue weighted by Gasteiger charge is -2.10. The molecule has 18 heavy (non-hydrogen) atoms. The molecule has 0 spiro atoms. The molecule has 3 aromatic rings. The van der Waals surface area contributed by atoms with Crippen molar-refractivity contribution in [3.05, 3.63) is 48.0 Å². The SMILES string of the molecule is Cn1nncc1C(O)c1ccc2nccnc2c1. The van der Waals surface area contributed by atoms with Crippen molar-refractivity contribution in [1.82, 2.24) is 25.0 Å². The van der Waals surface area contributed by atoms with Crippen molar-refractivity contribution in [3.8, 4) is 0 Å². The molecule has 0 amide bonds. The van der Waals surface area contributed by atoms with E-state index >= 15 is 0 Å². The van der Waals surface area contributed by atoms with Gasteiger partial charge in [-0.25, -0.2) is 4.68 Å². The maximum absolute atomic E-state index is 10.3. The van der Waals surface area contributed by atoms with Crippen LogP contribution in [0.15, 0.2) is 36.8 Å². The normalized spacial score (nSPS) is 12.8. The zero-order chi connectivity index (χ0) is 12.5. The summed E-state index contributed by atoms with van der Waals surface area (Å²) in [6, 6.07) is 5.49. The van der Waals surface area contributed by atoms with Crippen molar-refractivity contribution in [1.29, 1.82) is 0 Å². The van der Waals surface area contributed by atoms with Crippen LogP contribution in [-0.4, -0.2) is 30.1 Å². The van der Waals surface area contributed by atoms with Gasteiger partial charge in [0.1, 0.15) is 6.10 Å². The molecule has 1 unspecified atom stereocenters. The summed E-state index contributed by atoms with van der Waals surface area (Å²) in [6.45, 7) is 0. The Bertz CT molecular complexity index is 694. The first-order chi connectivity index (χ1) is 8.75. The van der Waals surface area contributed by atoms with Crippen LogP contribution >= 0.6 is 0 Å². The van der Waals surface area contributed by atoms with Crippen molar-refractivity contribution in [3.63, 3.8) is 0 Å². The number of aliphatic hydroxyl groups is 1. The lowest BCUT2D eigenvalue weighted by atomic mass is 10.1. The van der Waals surface area contributed by atoms with E-state index in [0.717, 1.165) is 16.6 Å². The second-order valence-corrected chi connectivity index (χ2v) is 3.99. The van der Waals surface area contributed by atoms with Crippen LogP contribution in [0.1, 0.15) is 17.4 Å². The summed E-state index contributed by atoms with van der Waals surface area (Å²) in [6.07, 6.45) is 4.05. The van der Waals surface area contributed by atoms with E-state index < -0.39 is 6.10 Å². The number of aliphatic hydroxyl groups excluding tert-OH is 1. The van der Waals surface area contributed by atoms with Gasteiger partial charge in [-0.2, -0.15) is 0 Å². The highest BCUT2D eigenvalue weighted by Gasteiger charge is 2.15. The summed E-state index contributed by atoms with van der Waals surface area (Å²) >= 11 is 0. The summed E-state index contributed by atoms with van der Waals surface area (Å²) in [5.41, 5.74) is 2.94. The van der Waals surface area contributed by atoms with Gasteiger partial charge in [0.05, 0.1) is 22.9 Å². The standard InChI is InChI=1S/C12H11N5O/c1-17-11(7-15-16-17)12(18)8-2-3-9-10(6-8)14-5-4-13-9/h2-7,12,18H,1H3. The monoisotopic (exact) mass is 241 g/mol. The van der Waals surface area contributed by atoms with E-state index in [1.54, 1.807) is 30.3 Å². The third-order valence-corrected chi connectivity index (χ3v) is 2.84. The van der Waals surface area contributed by atoms with E-state index in [-0.39, 0.29) is 0 Å². The molecule has 2 aromatic heterocycles. The van der Waals surface area contributed by atoms with Gasteiger partial charge in [0, 0.05) is 19.4 Å². The number of aromatic nitrogens is 5. The quantitative estimate of drug-likeness (QED) is 0.719. The van der Waals surface area contributed by atoms with E-state index in [1.807, 2.05) is 18.2 Å². The molecule has 1 aromatic carbocycles. The third-order valence-electron chi connectivity index (χ3n) is 2.84. The fourth-order valence-electron chi connectivity index (χ4n) is 1.87. The van der Waals surface area contributed by atoms with Gasteiger partial charge < -0.3 is 5.11 Å². The van der Waals surface area contributed by atoms with Crippen molar-refractivity contribution in [2.45, 2.75) is 6.10 Å². The van der Waals surface area contributed by atoms with Gasteiger partial charge >= 0.3 is 0 Å². The first-order valence-corrected chi connectivity index (χ1v) is 5.49. The Morgan fingerprint density at radius 1 is 1.17 bits per heavy atom. The minimum absolute atomic E-state index is 0.637. The Morgan fingerprint density at radius 3 is 2.67 bits per heavy atom. The lowest BCUT2D eigenvalue weighted by molar-refractivity contribution is 0.210. The maximum atomic E-state index is 10.3. The maximum Gasteiger partial charge on any atom is 0.122 e. The number of aryl methyl sites for hydroxylation is 1. The number of hydrogen-bond acceptors (Lipinski definition) is 5. The molecule has 6 nitrogen and oxygen atoms in total. The summed E-state index contributed by atoms with van der Waals surface area (Å²) < 4.78 is 1.55.